The Balaban J connectivity index is 2.18. The number of halogens is 1. The summed E-state index contributed by atoms with van der Waals surface area (Å²) in [7, 11) is 0. The second-order valence-corrected chi connectivity index (χ2v) is 6.31. The Kier molecular flexibility index (Phi) is 3.62. The van der Waals surface area contributed by atoms with Gasteiger partial charge >= 0.3 is 0 Å². The predicted molar refractivity (Wildman–Crippen MR) is 74.1 cm³/mol. The molecule has 2 nitrogen and oxygen atoms in total. The van der Waals surface area contributed by atoms with Crippen LogP contribution in [0.5, 0.6) is 0 Å². The lowest BCUT2D eigenvalue weighted by atomic mass is 9.68. The largest absolute Gasteiger partial charge is 0.378 e. The van der Waals surface area contributed by atoms with Gasteiger partial charge in [-0.25, -0.2) is 4.39 Å². The SMILES string of the molecule is CC1(C)CCCC(CN)(Nc2cccc(F)c2)C1. The minimum atomic E-state index is -0.206. The van der Waals surface area contributed by atoms with Crippen molar-refractivity contribution >= 4 is 5.69 Å². The number of anilines is 1. The van der Waals surface area contributed by atoms with Crippen molar-refractivity contribution in [2.75, 3.05) is 11.9 Å². The zero-order valence-electron chi connectivity index (χ0n) is 11.3. The molecule has 1 atom stereocenters. The maximum absolute atomic E-state index is 13.2. The fraction of sp³-hybridized carbons (Fsp3) is 0.600. The van der Waals surface area contributed by atoms with Crippen molar-refractivity contribution in [2.45, 2.75) is 45.1 Å². The minimum absolute atomic E-state index is 0.0878. The summed E-state index contributed by atoms with van der Waals surface area (Å²) in [4.78, 5) is 0. The molecule has 0 amide bonds. The summed E-state index contributed by atoms with van der Waals surface area (Å²) in [6, 6.07) is 6.64. The second-order valence-electron chi connectivity index (χ2n) is 6.31. The van der Waals surface area contributed by atoms with Crippen LogP contribution in [0.15, 0.2) is 24.3 Å². The van der Waals surface area contributed by atoms with E-state index in [2.05, 4.69) is 19.2 Å². The van der Waals surface area contributed by atoms with E-state index in [0.717, 1.165) is 18.5 Å². The van der Waals surface area contributed by atoms with Gasteiger partial charge < -0.3 is 11.1 Å². The van der Waals surface area contributed by atoms with Crippen molar-refractivity contribution in [2.24, 2.45) is 11.1 Å². The molecule has 1 aromatic carbocycles. The van der Waals surface area contributed by atoms with Gasteiger partial charge in [0.2, 0.25) is 0 Å². The van der Waals surface area contributed by atoms with Crippen LogP contribution in [0, 0.1) is 11.2 Å². The fourth-order valence-corrected chi connectivity index (χ4v) is 3.20. The topological polar surface area (TPSA) is 38.0 Å². The molecule has 2 rings (SSSR count). The summed E-state index contributed by atoms with van der Waals surface area (Å²) in [5.41, 5.74) is 7.04. The summed E-state index contributed by atoms with van der Waals surface area (Å²) < 4.78 is 13.2. The lowest BCUT2D eigenvalue weighted by Crippen LogP contribution is -2.51. The molecule has 100 valence electrons. The van der Waals surface area contributed by atoms with E-state index in [9.17, 15) is 4.39 Å². The van der Waals surface area contributed by atoms with Gasteiger partial charge in [-0.05, 0) is 42.9 Å². The third-order valence-corrected chi connectivity index (χ3v) is 3.95. The first-order valence-electron chi connectivity index (χ1n) is 6.69. The molecule has 1 unspecified atom stereocenters. The highest BCUT2D eigenvalue weighted by Gasteiger charge is 2.38. The number of hydrogen-bond acceptors (Lipinski definition) is 2. The monoisotopic (exact) mass is 250 g/mol. The van der Waals surface area contributed by atoms with Crippen LogP contribution >= 0.6 is 0 Å². The van der Waals surface area contributed by atoms with Crippen LogP contribution in [0.4, 0.5) is 10.1 Å². The summed E-state index contributed by atoms with van der Waals surface area (Å²) in [6.07, 6.45) is 4.50. The summed E-state index contributed by atoms with van der Waals surface area (Å²) in [5, 5.41) is 3.48. The third kappa shape index (κ3) is 3.02. The number of hydrogen-bond donors (Lipinski definition) is 2. The van der Waals surface area contributed by atoms with Gasteiger partial charge in [0, 0.05) is 12.2 Å². The molecule has 0 aromatic heterocycles. The predicted octanol–water partition coefficient (Wildman–Crippen LogP) is 3.54. The second kappa shape index (κ2) is 4.88. The van der Waals surface area contributed by atoms with E-state index in [1.165, 1.54) is 18.9 Å². The van der Waals surface area contributed by atoms with Crippen molar-refractivity contribution in [1.82, 2.24) is 0 Å². The average molecular weight is 250 g/mol. The quantitative estimate of drug-likeness (QED) is 0.861. The highest BCUT2D eigenvalue weighted by molar-refractivity contribution is 5.46. The van der Waals surface area contributed by atoms with E-state index >= 15 is 0 Å². The number of benzene rings is 1. The van der Waals surface area contributed by atoms with Gasteiger partial charge in [-0.2, -0.15) is 0 Å². The average Bonchev–Trinajstić information content (AvgIpc) is 2.27. The number of nitrogens with one attached hydrogen (secondary N) is 1. The van der Waals surface area contributed by atoms with Crippen LogP contribution in [-0.2, 0) is 0 Å². The zero-order chi connectivity index (χ0) is 13.2. The van der Waals surface area contributed by atoms with Crippen molar-refractivity contribution in [1.29, 1.82) is 0 Å². The molecule has 0 bridgehead atoms. The van der Waals surface area contributed by atoms with Crippen LogP contribution < -0.4 is 11.1 Å². The fourth-order valence-electron chi connectivity index (χ4n) is 3.20. The van der Waals surface area contributed by atoms with Crippen LogP contribution in [0.25, 0.3) is 0 Å². The standard InChI is InChI=1S/C15H23FN2/c1-14(2)7-4-8-15(10-14,11-17)18-13-6-3-5-12(16)9-13/h3,5-6,9,18H,4,7-8,10-11,17H2,1-2H3. The van der Waals surface area contributed by atoms with Gasteiger partial charge in [0.05, 0.1) is 5.54 Å². The van der Waals surface area contributed by atoms with E-state index < -0.39 is 0 Å². The summed E-state index contributed by atoms with van der Waals surface area (Å²) >= 11 is 0. The zero-order valence-corrected chi connectivity index (χ0v) is 11.3. The van der Waals surface area contributed by atoms with E-state index in [-0.39, 0.29) is 11.4 Å². The molecule has 0 aliphatic heterocycles. The van der Waals surface area contributed by atoms with E-state index in [4.69, 9.17) is 5.73 Å². The lowest BCUT2D eigenvalue weighted by Gasteiger charge is -2.45. The first-order valence-corrected chi connectivity index (χ1v) is 6.69. The molecule has 1 saturated carbocycles. The van der Waals surface area contributed by atoms with E-state index in [1.807, 2.05) is 6.07 Å². The Morgan fingerprint density at radius 1 is 1.33 bits per heavy atom. The van der Waals surface area contributed by atoms with Gasteiger partial charge in [0.15, 0.2) is 0 Å². The third-order valence-electron chi connectivity index (χ3n) is 3.95. The molecule has 0 radical (unpaired) electrons. The molecule has 3 heteroatoms. The molecule has 0 spiro atoms. The Morgan fingerprint density at radius 2 is 2.11 bits per heavy atom. The first-order chi connectivity index (χ1) is 8.45. The highest BCUT2D eigenvalue weighted by Crippen LogP contribution is 2.42. The van der Waals surface area contributed by atoms with Gasteiger partial charge in [0.25, 0.3) is 0 Å². The van der Waals surface area contributed by atoms with Gasteiger partial charge in [-0.15, -0.1) is 0 Å². The van der Waals surface area contributed by atoms with Gasteiger partial charge in [0.1, 0.15) is 5.82 Å². The van der Waals surface area contributed by atoms with Gasteiger partial charge in [-0.1, -0.05) is 26.3 Å². The van der Waals surface area contributed by atoms with Crippen molar-refractivity contribution in [3.8, 4) is 0 Å². The molecule has 1 aromatic rings. The molecule has 3 N–H and O–H groups in total. The van der Waals surface area contributed by atoms with Crippen LogP contribution in [0.1, 0.15) is 39.5 Å². The Bertz CT molecular complexity index is 417. The normalized spacial score (nSPS) is 26.9. The molecule has 18 heavy (non-hydrogen) atoms. The molecule has 0 saturated heterocycles. The van der Waals surface area contributed by atoms with Gasteiger partial charge in [-0.3, -0.25) is 0 Å². The molecule has 1 aliphatic carbocycles. The van der Waals surface area contributed by atoms with Crippen LogP contribution in [0.2, 0.25) is 0 Å². The molecule has 0 heterocycles. The van der Waals surface area contributed by atoms with E-state index in [1.54, 1.807) is 12.1 Å². The maximum atomic E-state index is 13.2. The Hall–Kier alpha value is -1.09. The van der Waals surface area contributed by atoms with Crippen molar-refractivity contribution in [3.63, 3.8) is 0 Å². The molecular weight excluding hydrogens is 227 g/mol. The first kappa shape index (κ1) is 13.3. The van der Waals surface area contributed by atoms with Crippen LogP contribution in [-0.4, -0.2) is 12.1 Å². The van der Waals surface area contributed by atoms with Crippen molar-refractivity contribution < 1.29 is 4.39 Å². The number of nitrogens with two attached hydrogens (primary N) is 1. The van der Waals surface area contributed by atoms with E-state index in [0.29, 0.717) is 12.0 Å². The smallest absolute Gasteiger partial charge is 0.125 e. The lowest BCUT2D eigenvalue weighted by molar-refractivity contribution is 0.170. The summed E-state index contributed by atoms with van der Waals surface area (Å²) in [5.74, 6) is -0.206. The molecule has 1 fully saturated rings. The highest BCUT2D eigenvalue weighted by atomic mass is 19.1. The number of rotatable bonds is 3. The Morgan fingerprint density at radius 3 is 2.72 bits per heavy atom. The van der Waals surface area contributed by atoms with Crippen molar-refractivity contribution in [3.05, 3.63) is 30.1 Å². The maximum Gasteiger partial charge on any atom is 0.125 e. The summed E-state index contributed by atoms with van der Waals surface area (Å²) in [6.45, 7) is 5.15. The molecular formula is C15H23FN2. The van der Waals surface area contributed by atoms with Crippen LogP contribution in [0.3, 0.4) is 0 Å². The minimum Gasteiger partial charge on any atom is -0.378 e. The molecule has 1 aliphatic rings. The Labute approximate surface area is 109 Å².